The number of nitriles is 1. The van der Waals surface area contributed by atoms with E-state index < -0.39 is 11.9 Å². The van der Waals surface area contributed by atoms with Gasteiger partial charge >= 0.3 is 6.18 Å². The van der Waals surface area contributed by atoms with Crippen molar-refractivity contribution in [3.8, 4) is 17.5 Å². The number of alkyl halides is 3. The Morgan fingerprint density at radius 2 is 2.05 bits per heavy atom. The Kier molecular flexibility index (Phi) is 2.83. The second-order valence-corrected chi connectivity index (χ2v) is 4.69. The van der Waals surface area contributed by atoms with Gasteiger partial charge in [-0.1, -0.05) is 0 Å². The van der Waals surface area contributed by atoms with Gasteiger partial charge in [0.2, 0.25) is 0 Å². The highest BCUT2D eigenvalue weighted by atomic mass is 19.4. The largest absolute Gasteiger partial charge is 0.434 e. The maximum absolute atomic E-state index is 12.8. The first kappa shape index (κ1) is 13.4. The maximum Gasteiger partial charge on any atom is 0.434 e. The molecule has 1 aliphatic heterocycles. The number of carbonyl (C=O) groups excluding carboxylic acids is 1. The lowest BCUT2D eigenvalue weighted by Gasteiger charge is -2.05. The molecule has 0 saturated heterocycles. The molecule has 0 amide bonds. The van der Waals surface area contributed by atoms with Crippen LogP contribution < -0.4 is 0 Å². The Morgan fingerprint density at radius 3 is 2.71 bits per heavy atom. The van der Waals surface area contributed by atoms with Crippen LogP contribution in [0.5, 0.6) is 0 Å². The van der Waals surface area contributed by atoms with Crippen LogP contribution in [-0.2, 0) is 12.7 Å². The Hall–Kier alpha value is -2.62. The van der Waals surface area contributed by atoms with Gasteiger partial charge in [0.1, 0.15) is 5.82 Å². The highest BCUT2D eigenvalue weighted by Crippen LogP contribution is 2.34. The Balaban J connectivity index is 2.23. The lowest BCUT2D eigenvalue weighted by molar-refractivity contribution is -0.140. The quantitative estimate of drug-likeness (QED) is 0.749. The molecule has 0 N–H and O–H groups in total. The summed E-state index contributed by atoms with van der Waals surface area (Å²) < 4.78 is 39.6. The van der Waals surface area contributed by atoms with Gasteiger partial charge in [0.25, 0.3) is 0 Å². The number of imidazole rings is 1. The SMILES string of the molecule is N#Cc1ccc2c(c1)C(=O)CCn1cc(C(F)(F)F)nc1-2. The van der Waals surface area contributed by atoms with E-state index in [1.807, 2.05) is 6.07 Å². The molecule has 1 aromatic carbocycles. The number of aromatic nitrogens is 2. The molecule has 0 unspecified atom stereocenters. The van der Waals surface area contributed by atoms with Gasteiger partial charge in [-0.2, -0.15) is 18.4 Å². The summed E-state index contributed by atoms with van der Waals surface area (Å²) in [6.45, 7) is 0.133. The smallest absolute Gasteiger partial charge is 0.330 e. The van der Waals surface area contributed by atoms with Crippen LogP contribution in [0.15, 0.2) is 24.4 Å². The van der Waals surface area contributed by atoms with Crippen LogP contribution in [0, 0.1) is 11.3 Å². The number of benzene rings is 1. The zero-order chi connectivity index (χ0) is 15.2. The standard InChI is InChI=1S/C14H8F3N3O/c15-14(16,17)12-7-20-4-3-11(21)10-5-8(6-18)1-2-9(10)13(20)19-12/h1-2,5,7H,3-4H2. The molecule has 7 heteroatoms. The molecular weight excluding hydrogens is 283 g/mol. The van der Waals surface area contributed by atoms with Crippen LogP contribution in [0.2, 0.25) is 0 Å². The van der Waals surface area contributed by atoms with Crippen LogP contribution in [0.3, 0.4) is 0 Å². The third-order valence-corrected chi connectivity index (χ3v) is 3.34. The first-order valence-electron chi connectivity index (χ1n) is 6.12. The third kappa shape index (κ3) is 2.18. The fourth-order valence-electron chi connectivity index (χ4n) is 2.33. The second kappa shape index (κ2) is 4.45. The van der Waals surface area contributed by atoms with Crippen molar-refractivity contribution in [2.75, 3.05) is 0 Å². The van der Waals surface area contributed by atoms with Gasteiger partial charge in [-0.25, -0.2) is 4.98 Å². The number of rotatable bonds is 0. The van der Waals surface area contributed by atoms with Crippen LogP contribution in [-0.4, -0.2) is 15.3 Å². The molecule has 4 nitrogen and oxygen atoms in total. The number of hydrogen-bond donors (Lipinski definition) is 0. The average molecular weight is 291 g/mol. The average Bonchev–Trinajstić information content (AvgIpc) is 2.83. The number of Topliss-reactive ketones (excluding diaryl/α,β-unsaturated/α-hetero) is 1. The van der Waals surface area contributed by atoms with E-state index in [1.165, 1.54) is 22.8 Å². The molecule has 0 aliphatic carbocycles. The van der Waals surface area contributed by atoms with Crippen molar-refractivity contribution in [2.45, 2.75) is 19.1 Å². The summed E-state index contributed by atoms with van der Waals surface area (Å²) >= 11 is 0. The van der Waals surface area contributed by atoms with Crippen molar-refractivity contribution in [1.82, 2.24) is 9.55 Å². The van der Waals surface area contributed by atoms with Crippen LogP contribution in [0.1, 0.15) is 28.0 Å². The predicted octanol–water partition coefficient (Wildman–Crippen LogP) is 3.03. The van der Waals surface area contributed by atoms with E-state index in [2.05, 4.69) is 4.98 Å². The van der Waals surface area contributed by atoms with Crippen molar-refractivity contribution in [3.63, 3.8) is 0 Å². The normalized spacial score (nSPS) is 14.1. The summed E-state index contributed by atoms with van der Waals surface area (Å²) in [7, 11) is 0. The molecule has 2 aromatic rings. The summed E-state index contributed by atoms with van der Waals surface area (Å²) in [5.41, 5.74) is -0.126. The van der Waals surface area contributed by atoms with E-state index in [1.54, 1.807) is 0 Å². The Labute approximate surface area is 117 Å². The number of carbonyl (C=O) groups is 1. The van der Waals surface area contributed by atoms with Crippen molar-refractivity contribution in [1.29, 1.82) is 5.26 Å². The fraction of sp³-hybridized carbons (Fsp3) is 0.214. The predicted molar refractivity (Wildman–Crippen MR) is 66.3 cm³/mol. The molecule has 1 aromatic heterocycles. The Morgan fingerprint density at radius 1 is 1.29 bits per heavy atom. The van der Waals surface area contributed by atoms with Crippen molar-refractivity contribution in [3.05, 3.63) is 41.2 Å². The highest BCUT2D eigenvalue weighted by Gasteiger charge is 2.36. The lowest BCUT2D eigenvalue weighted by Crippen LogP contribution is -2.06. The molecular formula is C14H8F3N3O. The molecule has 1 aliphatic rings. The zero-order valence-electron chi connectivity index (χ0n) is 10.6. The van der Waals surface area contributed by atoms with Gasteiger partial charge in [0, 0.05) is 30.3 Å². The van der Waals surface area contributed by atoms with Gasteiger partial charge in [0.05, 0.1) is 11.6 Å². The van der Waals surface area contributed by atoms with Gasteiger partial charge in [-0.15, -0.1) is 0 Å². The van der Waals surface area contributed by atoms with E-state index in [-0.39, 0.29) is 35.7 Å². The molecule has 0 spiro atoms. The molecule has 3 rings (SSSR count). The third-order valence-electron chi connectivity index (χ3n) is 3.34. The number of halogens is 3. The van der Waals surface area contributed by atoms with Gasteiger partial charge in [-0.05, 0) is 18.2 Å². The minimum absolute atomic E-state index is 0.0720. The van der Waals surface area contributed by atoms with E-state index in [0.29, 0.717) is 5.56 Å². The van der Waals surface area contributed by atoms with E-state index in [0.717, 1.165) is 6.20 Å². The van der Waals surface area contributed by atoms with Crippen molar-refractivity contribution >= 4 is 5.78 Å². The van der Waals surface area contributed by atoms with Crippen LogP contribution in [0.25, 0.3) is 11.4 Å². The minimum Gasteiger partial charge on any atom is -0.330 e. The summed E-state index contributed by atoms with van der Waals surface area (Å²) in [5.74, 6) is -0.103. The van der Waals surface area contributed by atoms with E-state index in [9.17, 15) is 18.0 Å². The zero-order valence-corrected chi connectivity index (χ0v) is 10.6. The van der Waals surface area contributed by atoms with Gasteiger partial charge in [0.15, 0.2) is 11.5 Å². The number of nitrogens with zero attached hydrogens (tertiary/aromatic N) is 3. The van der Waals surface area contributed by atoms with Gasteiger partial charge in [-0.3, -0.25) is 4.79 Å². The summed E-state index contributed by atoms with van der Waals surface area (Å²) in [6.07, 6.45) is -3.55. The maximum atomic E-state index is 12.8. The molecule has 21 heavy (non-hydrogen) atoms. The molecule has 0 atom stereocenters. The number of ketones is 1. The fourth-order valence-corrected chi connectivity index (χ4v) is 2.33. The summed E-state index contributed by atoms with van der Waals surface area (Å²) in [4.78, 5) is 15.7. The van der Waals surface area contributed by atoms with Crippen LogP contribution in [0.4, 0.5) is 13.2 Å². The first-order chi connectivity index (χ1) is 9.90. The van der Waals surface area contributed by atoms with Gasteiger partial charge < -0.3 is 4.57 Å². The van der Waals surface area contributed by atoms with E-state index in [4.69, 9.17) is 5.26 Å². The minimum atomic E-state index is -4.53. The molecule has 106 valence electrons. The lowest BCUT2D eigenvalue weighted by atomic mass is 10.00. The number of fused-ring (bicyclic) bond motifs is 3. The second-order valence-electron chi connectivity index (χ2n) is 4.69. The molecule has 2 heterocycles. The Bertz CT molecular complexity index is 784. The van der Waals surface area contributed by atoms with Crippen LogP contribution >= 0.6 is 0 Å². The molecule has 0 radical (unpaired) electrons. The topological polar surface area (TPSA) is 58.7 Å². The number of aryl methyl sites for hydroxylation is 1. The summed E-state index contributed by atoms with van der Waals surface area (Å²) in [5, 5.41) is 8.87. The first-order valence-corrected chi connectivity index (χ1v) is 6.12. The molecule has 0 saturated carbocycles. The van der Waals surface area contributed by atoms with E-state index >= 15 is 0 Å². The molecule has 0 fully saturated rings. The summed E-state index contributed by atoms with van der Waals surface area (Å²) in [6, 6.07) is 6.24. The number of hydrogen-bond acceptors (Lipinski definition) is 3. The van der Waals surface area contributed by atoms with Crippen molar-refractivity contribution < 1.29 is 18.0 Å². The molecule has 0 bridgehead atoms. The van der Waals surface area contributed by atoms with Crippen molar-refractivity contribution in [2.24, 2.45) is 0 Å². The highest BCUT2D eigenvalue weighted by molar-refractivity contribution is 6.02. The monoisotopic (exact) mass is 291 g/mol.